The Hall–Kier alpha value is -0.350. The molecule has 0 saturated heterocycles. The average Bonchev–Trinajstić information content (AvgIpc) is 1.98. The summed E-state index contributed by atoms with van der Waals surface area (Å²) in [6.07, 6.45) is 0. The largest absolute Gasteiger partial charge is 0.376 e. The van der Waals surface area contributed by atoms with Gasteiger partial charge in [-0.15, -0.1) is 0 Å². The molecule has 0 saturated carbocycles. The molecule has 0 bridgehead atoms. The summed E-state index contributed by atoms with van der Waals surface area (Å²) in [4.78, 5) is 1.56. The summed E-state index contributed by atoms with van der Waals surface area (Å²) in [6.45, 7) is 8.65. The van der Waals surface area contributed by atoms with Crippen LogP contribution in [0.2, 0.25) is 0 Å². The van der Waals surface area contributed by atoms with Gasteiger partial charge in [-0.05, 0) is 26.1 Å². The molecule has 0 aromatic carbocycles. The lowest BCUT2D eigenvalue weighted by Crippen LogP contribution is -3.12. The predicted molar refractivity (Wildman–Crippen MR) is 51.7 cm³/mol. The molecular formula is C7H18N3S+. The Morgan fingerprint density at radius 1 is 1.45 bits per heavy atom. The Kier molecular flexibility index (Phi) is 6.16. The molecule has 0 fully saturated rings. The molecule has 0 aliphatic carbocycles. The van der Waals surface area contributed by atoms with Crippen LogP contribution in [0, 0.1) is 0 Å². The van der Waals surface area contributed by atoms with Gasteiger partial charge in [0, 0.05) is 0 Å². The van der Waals surface area contributed by atoms with Crippen molar-refractivity contribution < 1.29 is 4.90 Å². The van der Waals surface area contributed by atoms with Crippen LogP contribution >= 0.6 is 12.2 Å². The second-order valence-electron chi connectivity index (χ2n) is 2.50. The summed E-state index contributed by atoms with van der Waals surface area (Å²) >= 11 is 4.68. The maximum absolute atomic E-state index is 5.27. The van der Waals surface area contributed by atoms with Gasteiger partial charge in [-0.25, -0.2) is 0 Å². The number of nitrogens with one attached hydrogen (secondary N) is 2. The molecule has 66 valence electrons. The second-order valence-corrected chi connectivity index (χ2v) is 2.94. The lowest BCUT2D eigenvalue weighted by atomic mass is 10.5. The molecule has 0 unspecified atom stereocenters. The molecule has 0 aromatic heterocycles. The third-order valence-electron chi connectivity index (χ3n) is 1.78. The number of nitrogens with two attached hydrogens (primary N) is 1. The Morgan fingerprint density at radius 2 is 2.00 bits per heavy atom. The van der Waals surface area contributed by atoms with Crippen LogP contribution in [0.3, 0.4) is 0 Å². The van der Waals surface area contributed by atoms with Gasteiger partial charge in [0.05, 0.1) is 26.2 Å². The Balaban J connectivity index is 3.28. The van der Waals surface area contributed by atoms with Gasteiger partial charge in [0.25, 0.3) is 0 Å². The van der Waals surface area contributed by atoms with E-state index in [1.807, 2.05) is 0 Å². The molecule has 0 heterocycles. The van der Waals surface area contributed by atoms with Crippen molar-refractivity contribution in [3.05, 3.63) is 0 Å². The summed E-state index contributed by atoms with van der Waals surface area (Å²) in [5.41, 5.74) is 5.27. The topological polar surface area (TPSA) is 42.5 Å². The van der Waals surface area contributed by atoms with Gasteiger partial charge in [-0.2, -0.15) is 0 Å². The standard InChI is InChI=1S/C7H17N3S/c1-3-10(4-2)6-5-9-7(8)11/h3-6H2,1-2H3,(H3,8,9,11)/p+1. The van der Waals surface area contributed by atoms with Gasteiger partial charge in [0.15, 0.2) is 5.11 Å². The minimum absolute atomic E-state index is 0.400. The van der Waals surface area contributed by atoms with Crippen LogP contribution in [0.15, 0.2) is 0 Å². The molecule has 0 amide bonds. The Labute approximate surface area is 73.9 Å². The van der Waals surface area contributed by atoms with E-state index in [4.69, 9.17) is 5.73 Å². The van der Waals surface area contributed by atoms with Crippen molar-refractivity contribution in [3.63, 3.8) is 0 Å². The molecule has 0 aliphatic rings. The normalized spacial score (nSPS) is 10.1. The summed E-state index contributed by atoms with van der Waals surface area (Å²) in [7, 11) is 0. The van der Waals surface area contributed by atoms with Crippen LogP contribution in [0.5, 0.6) is 0 Å². The number of hydrogen-bond donors (Lipinski definition) is 3. The Bertz CT molecular complexity index is 112. The molecule has 11 heavy (non-hydrogen) atoms. The molecule has 0 spiro atoms. The van der Waals surface area contributed by atoms with Crippen LogP contribution in [0.4, 0.5) is 0 Å². The highest BCUT2D eigenvalue weighted by Gasteiger charge is 2.00. The van der Waals surface area contributed by atoms with E-state index in [0.29, 0.717) is 5.11 Å². The first-order chi connectivity index (χ1) is 5.20. The number of quaternary nitrogens is 1. The predicted octanol–water partition coefficient (Wildman–Crippen LogP) is -1.26. The smallest absolute Gasteiger partial charge is 0.163 e. The molecular weight excluding hydrogens is 158 g/mol. The summed E-state index contributed by atoms with van der Waals surface area (Å²) in [5.74, 6) is 0. The SMILES string of the molecule is CC[NH+](CC)CCNC(N)=S. The fourth-order valence-electron chi connectivity index (χ4n) is 0.966. The van der Waals surface area contributed by atoms with E-state index < -0.39 is 0 Å². The highest BCUT2D eigenvalue weighted by atomic mass is 32.1. The summed E-state index contributed by atoms with van der Waals surface area (Å²) < 4.78 is 0. The van der Waals surface area contributed by atoms with Crippen molar-refractivity contribution in [3.8, 4) is 0 Å². The van der Waals surface area contributed by atoms with Gasteiger partial charge in [-0.3, -0.25) is 0 Å². The second kappa shape index (κ2) is 6.37. The molecule has 0 radical (unpaired) electrons. The zero-order valence-electron chi connectivity index (χ0n) is 7.31. The summed E-state index contributed by atoms with van der Waals surface area (Å²) in [6, 6.07) is 0. The van der Waals surface area contributed by atoms with E-state index in [0.717, 1.165) is 26.2 Å². The van der Waals surface area contributed by atoms with Crippen LogP contribution in [0.1, 0.15) is 13.8 Å². The van der Waals surface area contributed by atoms with E-state index in [9.17, 15) is 0 Å². The van der Waals surface area contributed by atoms with E-state index in [1.165, 1.54) is 0 Å². The molecule has 0 aromatic rings. The summed E-state index contributed by atoms with van der Waals surface area (Å²) in [5, 5.41) is 3.33. The molecule has 0 rings (SSSR count). The average molecular weight is 176 g/mol. The zero-order chi connectivity index (χ0) is 8.69. The van der Waals surface area contributed by atoms with Crippen molar-refractivity contribution in [2.24, 2.45) is 5.73 Å². The van der Waals surface area contributed by atoms with Crippen LogP contribution in [-0.4, -0.2) is 31.3 Å². The van der Waals surface area contributed by atoms with Gasteiger partial charge < -0.3 is 16.0 Å². The molecule has 3 nitrogen and oxygen atoms in total. The van der Waals surface area contributed by atoms with Crippen molar-refractivity contribution in [2.45, 2.75) is 13.8 Å². The zero-order valence-corrected chi connectivity index (χ0v) is 8.13. The van der Waals surface area contributed by atoms with Crippen molar-refractivity contribution in [2.75, 3.05) is 26.2 Å². The van der Waals surface area contributed by atoms with Crippen LogP contribution in [-0.2, 0) is 0 Å². The van der Waals surface area contributed by atoms with Gasteiger partial charge in [-0.1, -0.05) is 0 Å². The van der Waals surface area contributed by atoms with Crippen molar-refractivity contribution in [1.82, 2.24) is 5.32 Å². The first-order valence-electron chi connectivity index (χ1n) is 4.07. The van der Waals surface area contributed by atoms with Crippen molar-refractivity contribution in [1.29, 1.82) is 0 Å². The number of rotatable bonds is 5. The fourth-order valence-corrected chi connectivity index (χ4v) is 1.07. The van der Waals surface area contributed by atoms with E-state index >= 15 is 0 Å². The molecule has 0 atom stereocenters. The van der Waals surface area contributed by atoms with Gasteiger partial charge in [0.2, 0.25) is 0 Å². The monoisotopic (exact) mass is 176 g/mol. The third kappa shape index (κ3) is 6.06. The first kappa shape index (κ1) is 10.7. The fraction of sp³-hybridized carbons (Fsp3) is 0.857. The number of likely N-dealkylation sites (N-methyl/N-ethyl adjacent to an activating group) is 1. The van der Waals surface area contributed by atoms with Crippen LogP contribution < -0.4 is 16.0 Å². The lowest BCUT2D eigenvalue weighted by Gasteiger charge is -2.15. The molecule has 4 N–H and O–H groups in total. The van der Waals surface area contributed by atoms with E-state index in [2.05, 4.69) is 31.4 Å². The quantitative estimate of drug-likeness (QED) is 0.458. The van der Waals surface area contributed by atoms with E-state index in [1.54, 1.807) is 4.90 Å². The minimum Gasteiger partial charge on any atom is -0.376 e. The van der Waals surface area contributed by atoms with E-state index in [-0.39, 0.29) is 0 Å². The number of thiocarbonyl (C=S) groups is 1. The minimum atomic E-state index is 0.400. The first-order valence-corrected chi connectivity index (χ1v) is 4.48. The van der Waals surface area contributed by atoms with Gasteiger partial charge in [0.1, 0.15) is 0 Å². The maximum Gasteiger partial charge on any atom is 0.163 e. The Morgan fingerprint density at radius 3 is 2.36 bits per heavy atom. The number of hydrogen-bond acceptors (Lipinski definition) is 1. The highest BCUT2D eigenvalue weighted by molar-refractivity contribution is 7.80. The third-order valence-corrected chi connectivity index (χ3v) is 1.92. The van der Waals surface area contributed by atoms with Crippen molar-refractivity contribution >= 4 is 17.3 Å². The maximum atomic E-state index is 5.27. The molecule has 4 heteroatoms. The molecule has 0 aliphatic heterocycles. The lowest BCUT2D eigenvalue weighted by molar-refractivity contribution is -0.895. The van der Waals surface area contributed by atoms with Gasteiger partial charge >= 0.3 is 0 Å². The van der Waals surface area contributed by atoms with Crippen LogP contribution in [0.25, 0.3) is 0 Å². The highest BCUT2D eigenvalue weighted by Crippen LogP contribution is 1.56.